The molecule has 0 unspecified atom stereocenters. The number of rotatable bonds is 5. The van der Waals surface area contributed by atoms with E-state index < -0.39 is 0 Å². The van der Waals surface area contributed by atoms with E-state index in [2.05, 4.69) is 41.4 Å². The van der Waals surface area contributed by atoms with Crippen molar-refractivity contribution in [2.45, 2.75) is 6.42 Å². The molecular formula is C22H22ClNO. The quantitative estimate of drug-likeness (QED) is 0.589. The average Bonchev–Trinajstić information content (AvgIpc) is 2.61. The Labute approximate surface area is 154 Å². The molecule has 0 aliphatic rings. The first-order valence-corrected chi connectivity index (χ1v) is 8.64. The van der Waals surface area contributed by atoms with Crippen LogP contribution in [0, 0.1) is 0 Å². The molecule has 3 rings (SSSR count). The van der Waals surface area contributed by atoms with Gasteiger partial charge in [0.05, 0.1) is 7.11 Å². The van der Waals surface area contributed by atoms with Gasteiger partial charge >= 0.3 is 0 Å². The molecule has 0 aliphatic carbocycles. The molecule has 0 heterocycles. The number of allylic oxidation sites excluding steroid dienone is 1. The van der Waals surface area contributed by atoms with Crippen LogP contribution < -0.4 is 4.74 Å². The third kappa shape index (κ3) is 3.97. The van der Waals surface area contributed by atoms with Crippen LogP contribution in [0.15, 0.2) is 66.9 Å². The Hall–Kier alpha value is -2.45. The van der Waals surface area contributed by atoms with Gasteiger partial charge in [-0.25, -0.2) is 0 Å². The minimum Gasteiger partial charge on any atom is -0.496 e. The number of fused-ring (bicyclic) bond motifs is 1. The second kappa shape index (κ2) is 7.62. The molecule has 0 fully saturated rings. The number of nitrogens with zero attached hydrogens (tertiary/aromatic N) is 1. The summed E-state index contributed by atoms with van der Waals surface area (Å²) in [5.74, 6) is 0.903. The number of benzene rings is 3. The predicted molar refractivity (Wildman–Crippen MR) is 107 cm³/mol. The molecule has 3 heteroatoms. The number of ether oxygens (including phenoxy) is 1. The summed E-state index contributed by atoms with van der Waals surface area (Å²) < 4.78 is 5.51. The predicted octanol–water partition coefficient (Wildman–Crippen LogP) is 5.65. The Morgan fingerprint density at radius 1 is 1.00 bits per heavy atom. The van der Waals surface area contributed by atoms with Gasteiger partial charge in [0, 0.05) is 37.1 Å². The van der Waals surface area contributed by atoms with Crippen LogP contribution in [0.2, 0.25) is 5.02 Å². The van der Waals surface area contributed by atoms with E-state index in [0.717, 1.165) is 28.1 Å². The molecule has 3 aromatic rings. The largest absolute Gasteiger partial charge is 0.496 e. The van der Waals surface area contributed by atoms with Crippen LogP contribution in [0.1, 0.15) is 11.1 Å². The Morgan fingerprint density at radius 2 is 1.76 bits per heavy atom. The highest BCUT2D eigenvalue weighted by molar-refractivity contribution is 6.30. The highest BCUT2D eigenvalue weighted by Crippen LogP contribution is 2.31. The first kappa shape index (κ1) is 17.4. The highest BCUT2D eigenvalue weighted by atomic mass is 35.5. The maximum atomic E-state index is 6.21. The molecule has 0 saturated carbocycles. The zero-order chi connectivity index (χ0) is 17.8. The lowest BCUT2D eigenvalue weighted by Gasteiger charge is -2.15. The van der Waals surface area contributed by atoms with Gasteiger partial charge in [-0.05, 0) is 40.3 Å². The summed E-state index contributed by atoms with van der Waals surface area (Å²) in [6, 6.07) is 20.6. The SMILES string of the molecule is COc1ccc(C/C(=C\N(C)C)c2cccc(Cl)c2)c2ccccc12. The fourth-order valence-corrected chi connectivity index (χ4v) is 3.28. The van der Waals surface area contributed by atoms with Gasteiger partial charge in [0.25, 0.3) is 0 Å². The highest BCUT2D eigenvalue weighted by Gasteiger charge is 2.10. The van der Waals surface area contributed by atoms with Gasteiger partial charge < -0.3 is 9.64 Å². The summed E-state index contributed by atoms with van der Waals surface area (Å²) in [5.41, 5.74) is 3.63. The molecule has 0 amide bonds. The minimum atomic E-state index is 0.752. The van der Waals surface area contributed by atoms with E-state index in [0.29, 0.717) is 0 Å². The topological polar surface area (TPSA) is 12.5 Å². The third-order valence-electron chi connectivity index (χ3n) is 4.18. The average molecular weight is 352 g/mol. The van der Waals surface area contributed by atoms with Crippen LogP contribution in [0.25, 0.3) is 16.3 Å². The van der Waals surface area contributed by atoms with Gasteiger partial charge in [0.2, 0.25) is 0 Å². The van der Waals surface area contributed by atoms with Crippen molar-refractivity contribution in [3.63, 3.8) is 0 Å². The first-order valence-electron chi connectivity index (χ1n) is 8.26. The van der Waals surface area contributed by atoms with Crippen LogP contribution in [0.5, 0.6) is 5.75 Å². The second-order valence-corrected chi connectivity index (χ2v) is 6.71. The number of methoxy groups -OCH3 is 1. The van der Waals surface area contributed by atoms with Crippen LogP contribution in [-0.2, 0) is 6.42 Å². The summed E-state index contributed by atoms with van der Waals surface area (Å²) in [7, 11) is 5.79. The van der Waals surface area contributed by atoms with Crippen molar-refractivity contribution < 1.29 is 4.74 Å². The lowest BCUT2D eigenvalue weighted by atomic mass is 9.94. The summed E-state index contributed by atoms with van der Waals surface area (Å²) in [6.45, 7) is 0. The summed E-state index contributed by atoms with van der Waals surface area (Å²) in [5, 5.41) is 3.10. The monoisotopic (exact) mass is 351 g/mol. The van der Waals surface area contributed by atoms with Gasteiger partial charge in [0.1, 0.15) is 5.75 Å². The maximum Gasteiger partial charge on any atom is 0.126 e. The third-order valence-corrected chi connectivity index (χ3v) is 4.42. The molecule has 0 spiro atoms. The van der Waals surface area contributed by atoms with Crippen molar-refractivity contribution >= 4 is 27.9 Å². The van der Waals surface area contributed by atoms with Crippen LogP contribution >= 0.6 is 11.6 Å². The van der Waals surface area contributed by atoms with Gasteiger partial charge in [-0.3, -0.25) is 0 Å². The normalized spacial score (nSPS) is 11.6. The van der Waals surface area contributed by atoms with E-state index in [9.17, 15) is 0 Å². The van der Waals surface area contributed by atoms with Gasteiger partial charge in [-0.2, -0.15) is 0 Å². The molecule has 128 valence electrons. The Kier molecular flexibility index (Phi) is 5.30. The summed E-state index contributed by atoms with van der Waals surface area (Å²) >= 11 is 6.21. The van der Waals surface area contributed by atoms with Crippen molar-refractivity contribution in [2.75, 3.05) is 21.2 Å². The van der Waals surface area contributed by atoms with Gasteiger partial charge in [-0.15, -0.1) is 0 Å². The number of hydrogen-bond acceptors (Lipinski definition) is 2. The van der Waals surface area contributed by atoms with Crippen molar-refractivity contribution in [3.8, 4) is 5.75 Å². The van der Waals surface area contributed by atoms with E-state index in [-0.39, 0.29) is 0 Å². The molecular weight excluding hydrogens is 330 g/mol. The van der Waals surface area contributed by atoms with Gasteiger partial charge in [0.15, 0.2) is 0 Å². The molecule has 0 atom stereocenters. The van der Waals surface area contributed by atoms with Gasteiger partial charge in [-0.1, -0.05) is 54.1 Å². The summed E-state index contributed by atoms with van der Waals surface area (Å²) in [4.78, 5) is 2.07. The molecule has 0 aliphatic heterocycles. The van der Waals surface area contributed by atoms with Crippen molar-refractivity contribution in [3.05, 3.63) is 83.0 Å². The van der Waals surface area contributed by atoms with Crippen LogP contribution in [0.4, 0.5) is 0 Å². The Balaban J connectivity index is 2.08. The summed E-state index contributed by atoms with van der Waals surface area (Å²) in [6.07, 6.45) is 2.98. The lowest BCUT2D eigenvalue weighted by Crippen LogP contribution is -2.04. The fraction of sp³-hybridized carbons (Fsp3) is 0.182. The molecule has 2 nitrogen and oxygen atoms in total. The Morgan fingerprint density at radius 3 is 2.44 bits per heavy atom. The van der Waals surface area contributed by atoms with Crippen molar-refractivity contribution in [1.29, 1.82) is 0 Å². The number of hydrogen-bond donors (Lipinski definition) is 0. The molecule has 0 radical (unpaired) electrons. The minimum absolute atomic E-state index is 0.752. The molecule has 0 N–H and O–H groups in total. The van der Waals surface area contributed by atoms with Crippen LogP contribution in [-0.4, -0.2) is 26.1 Å². The zero-order valence-electron chi connectivity index (χ0n) is 14.8. The van der Waals surface area contributed by atoms with Crippen molar-refractivity contribution in [2.24, 2.45) is 0 Å². The Bertz CT molecular complexity index is 915. The first-order chi connectivity index (χ1) is 12.1. The van der Waals surface area contributed by atoms with E-state index >= 15 is 0 Å². The zero-order valence-corrected chi connectivity index (χ0v) is 15.5. The molecule has 25 heavy (non-hydrogen) atoms. The fourth-order valence-electron chi connectivity index (χ4n) is 3.09. The van der Waals surface area contributed by atoms with E-state index in [1.54, 1.807) is 7.11 Å². The lowest BCUT2D eigenvalue weighted by molar-refractivity contribution is 0.419. The maximum absolute atomic E-state index is 6.21. The van der Waals surface area contributed by atoms with E-state index in [1.807, 2.05) is 44.4 Å². The van der Waals surface area contributed by atoms with Crippen molar-refractivity contribution in [1.82, 2.24) is 4.90 Å². The second-order valence-electron chi connectivity index (χ2n) is 6.28. The number of halogens is 1. The molecule has 0 bridgehead atoms. The molecule has 3 aromatic carbocycles. The smallest absolute Gasteiger partial charge is 0.126 e. The van der Waals surface area contributed by atoms with E-state index in [1.165, 1.54) is 16.5 Å². The van der Waals surface area contributed by atoms with E-state index in [4.69, 9.17) is 16.3 Å². The standard InChI is InChI=1S/C22H22ClNO/c1-24(2)15-18(16-7-6-8-19(23)14-16)13-17-11-12-22(25-3)21-10-5-4-9-20(17)21/h4-12,14-15H,13H2,1-3H3/b18-15+. The van der Waals surface area contributed by atoms with Crippen LogP contribution in [0.3, 0.4) is 0 Å². The molecule has 0 saturated heterocycles. The molecule has 0 aromatic heterocycles.